The van der Waals surface area contributed by atoms with Gasteiger partial charge in [0.2, 0.25) is 0 Å². The molecule has 6 heteroatoms. The summed E-state index contributed by atoms with van der Waals surface area (Å²) in [4.78, 5) is 23.2. The second kappa shape index (κ2) is 11.6. The highest BCUT2D eigenvalue weighted by atomic mass is 16.6. The van der Waals surface area contributed by atoms with Crippen molar-refractivity contribution in [3.63, 3.8) is 0 Å². The Bertz CT molecular complexity index is 728. The molecule has 2 rings (SSSR count). The number of hydrogen-bond acceptors (Lipinski definition) is 5. The van der Waals surface area contributed by atoms with Gasteiger partial charge in [0, 0.05) is 6.54 Å². The standard InChI is InChI=1S/C22H27NO5/c1-17(2)12-13-23-21(24)15-28-22(25)16-27-20-10-8-19(9-11-20)26-14-18-6-4-3-5-7-18/h3-11,17H,12-16H2,1-2H3,(H,23,24). The van der Waals surface area contributed by atoms with Crippen LogP contribution in [0.25, 0.3) is 0 Å². The minimum absolute atomic E-state index is 0.260. The number of rotatable bonds is 11. The van der Waals surface area contributed by atoms with Gasteiger partial charge in [0.05, 0.1) is 0 Å². The second-order valence-corrected chi connectivity index (χ2v) is 6.73. The molecule has 1 N–H and O–H groups in total. The van der Waals surface area contributed by atoms with Crippen LogP contribution < -0.4 is 14.8 Å². The molecule has 0 radical (unpaired) electrons. The van der Waals surface area contributed by atoms with Gasteiger partial charge in [-0.2, -0.15) is 0 Å². The first-order chi connectivity index (χ1) is 13.5. The molecule has 0 aliphatic heterocycles. The average Bonchev–Trinajstić information content (AvgIpc) is 2.70. The van der Waals surface area contributed by atoms with Crippen LogP contribution >= 0.6 is 0 Å². The summed E-state index contributed by atoms with van der Waals surface area (Å²) in [5.74, 6) is 0.825. The minimum Gasteiger partial charge on any atom is -0.489 e. The van der Waals surface area contributed by atoms with Crippen LogP contribution in [0.3, 0.4) is 0 Å². The van der Waals surface area contributed by atoms with E-state index in [1.165, 1.54) is 0 Å². The molecule has 0 bridgehead atoms. The number of hydrogen-bond donors (Lipinski definition) is 1. The Morgan fingerprint density at radius 1 is 0.893 bits per heavy atom. The van der Waals surface area contributed by atoms with Crippen molar-refractivity contribution in [1.82, 2.24) is 5.32 Å². The predicted octanol–water partition coefficient (Wildman–Crippen LogP) is 3.35. The van der Waals surface area contributed by atoms with E-state index in [1.807, 2.05) is 30.3 Å². The number of carbonyl (C=O) groups excluding carboxylic acids is 2. The monoisotopic (exact) mass is 385 g/mol. The fourth-order valence-electron chi connectivity index (χ4n) is 2.25. The predicted molar refractivity (Wildman–Crippen MR) is 106 cm³/mol. The molecule has 28 heavy (non-hydrogen) atoms. The summed E-state index contributed by atoms with van der Waals surface area (Å²) in [6.07, 6.45) is 0.883. The zero-order chi connectivity index (χ0) is 20.2. The molecule has 0 atom stereocenters. The van der Waals surface area contributed by atoms with Gasteiger partial charge in [0.25, 0.3) is 5.91 Å². The Labute approximate surface area is 165 Å². The third-order valence-electron chi connectivity index (χ3n) is 3.84. The molecule has 0 spiro atoms. The number of amides is 1. The molecule has 0 saturated carbocycles. The molecule has 2 aromatic rings. The van der Waals surface area contributed by atoms with E-state index in [-0.39, 0.29) is 19.1 Å². The van der Waals surface area contributed by atoms with Crippen LogP contribution in [0.1, 0.15) is 25.8 Å². The molecule has 0 aromatic heterocycles. The maximum atomic E-state index is 11.7. The topological polar surface area (TPSA) is 73.9 Å². The molecule has 0 fully saturated rings. The Kier molecular flexibility index (Phi) is 8.85. The van der Waals surface area contributed by atoms with Crippen molar-refractivity contribution in [1.29, 1.82) is 0 Å². The molecule has 6 nitrogen and oxygen atoms in total. The molecule has 0 saturated heterocycles. The number of nitrogens with one attached hydrogen (secondary N) is 1. The van der Waals surface area contributed by atoms with Crippen molar-refractivity contribution >= 4 is 11.9 Å². The second-order valence-electron chi connectivity index (χ2n) is 6.73. The normalized spacial score (nSPS) is 10.4. The summed E-state index contributed by atoms with van der Waals surface area (Å²) in [7, 11) is 0. The molecule has 1 amide bonds. The molecule has 0 heterocycles. The maximum Gasteiger partial charge on any atom is 0.344 e. The third kappa shape index (κ3) is 8.58. The average molecular weight is 385 g/mol. The molecule has 2 aromatic carbocycles. The number of carbonyl (C=O) groups is 2. The van der Waals surface area contributed by atoms with Gasteiger partial charge in [-0.05, 0) is 42.2 Å². The first-order valence-corrected chi connectivity index (χ1v) is 9.35. The SMILES string of the molecule is CC(C)CCNC(=O)COC(=O)COc1ccc(OCc2ccccc2)cc1. The van der Waals surface area contributed by atoms with Crippen molar-refractivity contribution in [2.75, 3.05) is 19.8 Å². The summed E-state index contributed by atoms with van der Waals surface area (Å²) in [6.45, 7) is 4.64. The molecular weight excluding hydrogens is 358 g/mol. The van der Waals surface area contributed by atoms with Gasteiger partial charge >= 0.3 is 5.97 Å². The quantitative estimate of drug-likeness (QED) is 0.601. The summed E-state index contributed by atoms with van der Waals surface area (Å²) in [6, 6.07) is 16.8. The van der Waals surface area contributed by atoms with Crippen LogP contribution in [-0.4, -0.2) is 31.6 Å². The lowest BCUT2D eigenvalue weighted by Gasteiger charge is -2.10. The highest BCUT2D eigenvalue weighted by Crippen LogP contribution is 2.18. The van der Waals surface area contributed by atoms with E-state index in [2.05, 4.69) is 19.2 Å². The van der Waals surface area contributed by atoms with Crippen LogP contribution in [-0.2, 0) is 20.9 Å². The van der Waals surface area contributed by atoms with Crippen LogP contribution in [0.15, 0.2) is 54.6 Å². The lowest BCUT2D eigenvalue weighted by Crippen LogP contribution is -2.31. The molecular formula is C22H27NO5. The zero-order valence-corrected chi connectivity index (χ0v) is 16.4. The zero-order valence-electron chi connectivity index (χ0n) is 16.4. The Morgan fingerprint density at radius 2 is 1.54 bits per heavy atom. The van der Waals surface area contributed by atoms with E-state index in [0.717, 1.165) is 12.0 Å². The van der Waals surface area contributed by atoms with Gasteiger partial charge in [0.15, 0.2) is 13.2 Å². The van der Waals surface area contributed by atoms with E-state index >= 15 is 0 Å². The minimum atomic E-state index is -0.594. The van der Waals surface area contributed by atoms with Crippen molar-refractivity contribution < 1.29 is 23.8 Å². The van der Waals surface area contributed by atoms with Gasteiger partial charge in [-0.15, -0.1) is 0 Å². The van der Waals surface area contributed by atoms with E-state index in [0.29, 0.717) is 30.6 Å². The van der Waals surface area contributed by atoms with Crippen molar-refractivity contribution in [3.8, 4) is 11.5 Å². The molecule has 0 aliphatic rings. The maximum absolute atomic E-state index is 11.7. The molecule has 0 aliphatic carbocycles. The van der Waals surface area contributed by atoms with Gasteiger partial charge in [0.1, 0.15) is 18.1 Å². The molecule has 150 valence electrons. The fraction of sp³-hybridized carbons (Fsp3) is 0.364. The lowest BCUT2D eigenvalue weighted by molar-refractivity contribution is -0.150. The summed E-state index contributed by atoms with van der Waals surface area (Å²) < 4.78 is 16.0. The number of ether oxygens (including phenoxy) is 3. The van der Waals surface area contributed by atoms with Crippen molar-refractivity contribution in [3.05, 3.63) is 60.2 Å². The summed E-state index contributed by atoms with van der Waals surface area (Å²) >= 11 is 0. The van der Waals surface area contributed by atoms with Gasteiger partial charge in [-0.3, -0.25) is 4.79 Å². The highest BCUT2D eigenvalue weighted by Gasteiger charge is 2.08. The summed E-state index contributed by atoms with van der Waals surface area (Å²) in [5, 5.41) is 2.70. The van der Waals surface area contributed by atoms with Gasteiger partial charge in [-0.1, -0.05) is 44.2 Å². The van der Waals surface area contributed by atoms with Crippen LogP contribution in [0.4, 0.5) is 0 Å². The first kappa shape index (κ1) is 21.3. The Morgan fingerprint density at radius 3 is 2.18 bits per heavy atom. The van der Waals surface area contributed by atoms with E-state index < -0.39 is 5.97 Å². The lowest BCUT2D eigenvalue weighted by atomic mass is 10.1. The van der Waals surface area contributed by atoms with Crippen LogP contribution in [0.5, 0.6) is 11.5 Å². The number of benzene rings is 2. The van der Waals surface area contributed by atoms with Crippen LogP contribution in [0, 0.1) is 5.92 Å². The number of esters is 1. The van der Waals surface area contributed by atoms with E-state index in [9.17, 15) is 9.59 Å². The summed E-state index contributed by atoms with van der Waals surface area (Å²) in [5.41, 5.74) is 1.08. The first-order valence-electron chi connectivity index (χ1n) is 9.35. The van der Waals surface area contributed by atoms with Crippen molar-refractivity contribution in [2.24, 2.45) is 5.92 Å². The smallest absolute Gasteiger partial charge is 0.344 e. The Balaban J connectivity index is 1.64. The Hall–Kier alpha value is -3.02. The largest absolute Gasteiger partial charge is 0.489 e. The third-order valence-corrected chi connectivity index (χ3v) is 3.84. The van der Waals surface area contributed by atoms with Gasteiger partial charge in [-0.25, -0.2) is 4.79 Å². The van der Waals surface area contributed by atoms with Crippen molar-refractivity contribution in [2.45, 2.75) is 26.9 Å². The van der Waals surface area contributed by atoms with Gasteiger partial charge < -0.3 is 19.5 Å². The van der Waals surface area contributed by atoms with Crippen LogP contribution in [0.2, 0.25) is 0 Å². The fourth-order valence-corrected chi connectivity index (χ4v) is 2.25. The van der Waals surface area contributed by atoms with E-state index in [4.69, 9.17) is 14.2 Å². The highest BCUT2D eigenvalue weighted by molar-refractivity contribution is 5.80. The molecule has 0 unspecified atom stereocenters. The van der Waals surface area contributed by atoms with E-state index in [1.54, 1.807) is 24.3 Å².